The van der Waals surface area contributed by atoms with Crippen molar-refractivity contribution in [2.45, 2.75) is 37.8 Å². The van der Waals surface area contributed by atoms with E-state index in [2.05, 4.69) is 15.6 Å². The van der Waals surface area contributed by atoms with Crippen molar-refractivity contribution in [2.24, 2.45) is 0 Å². The average Bonchev–Trinajstić information content (AvgIpc) is 2.71. The molecular weight excluding hydrogens is 410 g/mol. The standard InChI is InChI=1S/C22H22F2N4O.ClH/c23-17-10-5-13(11-18(17)24)22(29)27-15-8-6-14(7-9-15)26-21-12-19(25)16-3-1-2-4-20(16)28-21;/h1-5,10-12,14-15H,6-9H2,(H,27,29)(H3,25,26,28);1H. The largest absolute Gasteiger partial charge is 0.398 e. The maximum atomic E-state index is 13.3. The smallest absolute Gasteiger partial charge is 0.251 e. The van der Waals surface area contributed by atoms with E-state index in [1.165, 1.54) is 6.07 Å². The van der Waals surface area contributed by atoms with Gasteiger partial charge in [-0.1, -0.05) is 18.2 Å². The molecule has 0 atom stereocenters. The molecule has 2 aromatic carbocycles. The highest BCUT2D eigenvalue weighted by Gasteiger charge is 2.23. The Morgan fingerprint density at radius 3 is 2.40 bits per heavy atom. The zero-order valence-electron chi connectivity index (χ0n) is 16.2. The molecule has 1 heterocycles. The van der Waals surface area contributed by atoms with Crippen LogP contribution in [0.1, 0.15) is 36.0 Å². The van der Waals surface area contributed by atoms with Crippen LogP contribution in [0.2, 0.25) is 0 Å². The van der Waals surface area contributed by atoms with Gasteiger partial charge in [0.05, 0.1) is 5.52 Å². The summed E-state index contributed by atoms with van der Waals surface area (Å²) in [6.45, 7) is 0. The molecule has 8 heteroatoms. The van der Waals surface area contributed by atoms with Gasteiger partial charge in [-0.2, -0.15) is 0 Å². The fourth-order valence-corrected chi connectivity index (χ4v) is 3.77. The van der Waals surface area contributed by atoms with Gasteiger partial charge in [-0.05, 0) is 49.9 Å². The fourth-order valence-electron chi connectivity index (χ4n) is 3.77. The van der Waals surface area contributed by atoms with Crippen LogP contribution in [-0.2, 0) is 0 Å². The van der Waals surface area contributed by atoms with Gasteiger partial charge in [0.1, 0.15) is 5.82 Å². The summed E-state index contributed by atoms with van der Waals surface area (Å²) in [6, 6.07) is 13.0. The molecule has 4 rings (SSSR count). The molecule has 0 radical (unpaired) electrons. The number of nitrogen functional groups attached to an aromatic ring is 1. The van der Waals surface area contributed by atoms with Gasteiger partial charge in [0, 0.05) is 34.8 Å². The zero-order valence-corrected chi connectivity index (χ0v) is 17.0. The number of para-hydroxylation sites is 1. The molecule has 1 aliphatic carbocycles. The first-order chi connectivity index (χ1) is 14.0. The van der Waals surface area contributed by atoms with Gasteiger partial charge in [0.2, 0.25) is 0 Å². The van der Waals surface area contributed by atoms with Crippen molar-refractivity contribution in [3.63, 3.8) is 0 Å². The first-order valence-electron chi connectivity index (χ1n) is 9.67. The number of rotatable bonds is 4. The van der Waals surface area contributed by atoms with E-state index in [1.54, 1.807) is 0 Å². The van der Waals surface area contributed by atoms with Crippen LogP contribution < -0.4 is 16.4 Å². The third kappa shape index (κ3) is 4.79. The molecule has 158 valence electrons. The molecule has 1 fully saturated rings. The number of pyridine rings is 1. The van der Waals surface area contributed by atoms with Gasteiger partial charge in [-0.3, -0.25) is 4.79 Å². The van der Waals surface area contributed by atoms with E-state index in [4.69, 9.17) is 5.73 Å². The maximum absolute atomic E-state index is 13.3. The molecule has 30 heavy (non-hydrogen) atoms. The summed E-state index contributed by atoms with van der Waals surface area (Å²) >= 11 is 0. The lowest BCUT2D eigenvalue weighted by Gasteiger charge is -2.30. The van der Waals surface area contributed by atoms with Crippen molar-refractivity contribution in [2.75, 3.05) is 11.1 Å². The van der Waals surface area contributed by atoms with Crippen molar-refractivity contribution in [1.29, 1.82) is 0 Å². The Bertz CT molecular complexity index is 1050. The van der Waals surface area contributed by atoms with Crippen LogP contribution in [0, 0.1) is 11.6 Å². The normalized spacial score (nSPS) is 18.5. The molecule has 1 aromatic heterocycles. The molecular formula is C22H23ClF2N4O. The van der Waals surface area contributed by atoms with E-state index in [0.29, 0.717) is 5.69 Å². The Hall–Kier alpha value is -2.93. The molecule has 1 aliphatic rings. The molecule has 3 aromatic rings. The maximum Gasteiger partial charge on any atom is 0.251 e. The summed E-state index contributed by atoms with van der Waals surface area (Å²) in [5.74, 6) is -1.62. The van der Waals surface area contributed by atoms with E-state index < -0.39 is 11.6 Å². The van der Waals surface area contributed by atoms with E-state index in [0.717, 1.165) is 54.5 Å². The van der Waals surface area contributed by atoms with E-state index in [-0.39, 0.29) is 36.0 Å². The third-order valence-electron chi connectivity index (χ3n) is 5.34. The molecule has 0 aliphatic heterocycles. The van der Waals surface area contributed by atoms with Crippen LogP contribution >= 0.6 is 12.4 Å². The van der Waals surface area contributed by atoms with Crippen LogP contribution in [0.15, 0.2) is 48.5 Å². The zero-order chi connectivity index (χ0) is 20.4. The predicted octanol–water partition coefficient (Wildman–Crippen LogP) is 4.67. The van der Waals surface area contributed by atoms with Gasteiger partial charge in [-0.15, -0.1) is 12.4 Å². The SMILES string of the molecule is Cl.Nc1cc(NC2CCC(NC(=O)c3ccc(F)c(F)c3)CC2)nc2ccccc12. The second-order valence-electron chi connectivity index (χ2n) is 7.41. The van der Waals surface area contributed by atoms with E-state index in [9.17, 15) is 13.6 Å². The molecule has 0 bridgehead atoms. The van der Waals surface area contributed by atoms with E-state index >= 15 is 0 Å². The number of nitrogens with zero attached hydrogens (tertiary/aromatic N) is 1. The highest BCUT2D eigenvalue weighted by molar-refractivity contribution is 5.94. The number of aromatic nitrogens is 1. The molecule has 1 saturated carbocycles. The van der Waals surface area contributed by atoms with Gasteiger partial charge in [-0.25, -0.2) is 13.8 Å². The Balaban J connectivity index is 0.00000256. The third-order valence-corrected chi connectivity index (χ3v) is 5.34. The van der Waals surface area contributed by atoms with Crippen LogP contribution in [0.25, 0.3) is 10.9 Å². The Morgan fingerprint density at radius 1 is 0.967 bits per heavy atom. The van der Waals surface area contributed by atoms with Crippen molar-refractivity contribution >= 4 is 40.7 Å². The number of fused-ring (bicyclic) bond motifs is 1. The van der Waals surface area contributed by atoms with Crippen LogP contribution in [0.3, 0.4) is 0 Å². The number of hydrogen-bond acceptors (Lipinski definition) is 4. The quantitative estimate of drug-likeness (QED) is 0.559. The summed E-state index contributed by atoms with van der Waals surface area (Å²) in [6.07, 6.45) is 3.29. The van der Waals surface area contributed by atoms with Crippen molar-refractivity contribution in [3.05, 3.63) is 65.7 Å². The summed E-state index contributed by atoms with van der Waals surface area (Å²) in [5, 5.41) is 7.28. The van der Waals surface area contributed by atoms with Crippen LogP contribution in [0.5, 0.6) is 0 Å². The lowest BCUT2D eigenvalue weighted by Crippen LogP contribution is -2.40. The molecule has 0 unspecified atom stereocenters. The van der Waals surface area contributed by atoms with Gasteiger partial charge in [0.25, 0.3) is 5.91 Å². The van der Waals surface area contributed by atoms with Gasteiger partial charge in [0.15, 0.2) is 11.6 Å². The van der Waals surface area contributed by atoms with E-state index in [1.807, 2.05) is 30.3 Å². The van der Waals surface area contributed by atoms with Crippen molar-refractivity contribution < 1.29 is 13.6 Å². The second kappa shape index (κ2) is 9.26. The van der Waals surface area contributed by atoms with Crippen molar-refractivity contribution in [3.8, 4) is 0 Å². The highest BCUT2D eigenvalue weighted by atomic mass is 35.5. The molecule has 1 amide bonds. The number of nitrogens with two attached hydrogens (primary N) is 1. The Labute approximate surface area is 179 Å². The number of nitrogens with one attached hydrogen (secondary N) is 2. The highest BCUT2D eigenvalue weighted by Crippen LogP contribution is 2.26. The second-order valence-corrected chi connectivity index (χ2v) is 7.41. The van der Waals surface area contributed by atoms with Crippen LogP contribution in [-0.4, -0.2) is 23.0 Å². The molecule has 5 nitrogen and oxygen atoms in total. The number of halogens is 3. The van der Waals surface area contributed by atoms with Gasteiger partial charge < -0.3 is 16.4 Å². The lowest BCUT2D eigenvalue weighted by molar-refractivity contribution is 0.0926. The summed E-state index contributed by atoms with van der Waals surface area (Å²) in [5.41, 5.74) is 7.80. The van der Waals surface area contributed by atoms with Crippen LogP contribution in [0.4, 0.5) is 20.3 Å². The van der Waals surface area contributed by atoms with Gasteiger partial charge >= 0.3 is 0 Å². The number of anilines is 2. The topological polar surface area (TPSA) is 80.0 Å². The number of amides is 1. The number of benzene rings is 2. The number of carbonyl (C=O) groups is 1. The monoisotopic (exact) mass is 432 g/mol. The molecule has 4 N–H and O–H groups in total. The molecule has 0 spiro atoms. The summed E-state index contributed by atoms with van der Waals surface area (Å²) in [7, 11) is 0. The first kappa shape index (κ1) is 21.8. The fraction of sp³-hybridized carbons (Fsp3) is 0.273. The molecule has 0 saturated heterocycles. The average molecular weight is 433 g/mol. The number of carbonyl (C=O) groups excluding carboxylic acids is 1. The summed E-state index contributed by atoms with van der Waals surface area (Å²) in [4.78, 5) is 16.9. The van der Waals surface area contributed by atoms with Crippen molar-refractivity contribution in [1.82, 2.24) is 10.3 Å². The Kier molecular flexibility index (Phi) is 6.72. The Morgan fingerprint density at radius 2 is 1.67 bits per heavy atom. The number of hydrogen-bond donors (Lipinski definition) is 3. The summed E-state index contributed by atoms with van der Waals surface area (Å²) < 4.78 is 26.4. The minimum Gasteiger partial charge on any atom is -0.398 e. The minimum absolute atomic E-state index is 0. The lowest BCUT2D eigenvalue weighted by atomic mass is 9.91. The predicted molar refractivity (Wildman–Crippen MR) is 117 cm³/mol. The first-order valence-corrected chi connectivity index (χ1v) is 9.67. The minimum atomic E-state index is -1.02.